The Labute approximate surface area is 244 Å². The van der Waals surface area contributed by atoms with Gasteiger partial charge in [-0.15, -0.1) is 0 Å². The summed E-state index contributed by atoms with van der Waals surface area (Å²) in [5.74, 6) is -13.7. The summed E-state index contributed by atoms with van der Waals surface area (Å²) in [4.78, 5) is 135. The zero-order valence-electron chi connectivity index (χ0n) is 21.9. The van der Waals surface area contributed by atoms with Crippen molar-refractivity contribution in [3.63, 3.8) is 0 Å². The molecule has 0 aliphatic heterocycles. The van der Waals surface area contributed by atoms with E-state index in [1.807, 2.05) is 13.6 Å². The molecular formula is C22H24IrO18-4. The summed E-state index contributed by atoms with van der Waals surface area (Å²) in [6.45, 7) is 8.56. The van der Waals surface area contributed by atoms with Crippen LogP contribution in [0.4, 0.5) is 0 Å². The summed E-state index contributed by atoms with van der Waals surface area (Å²) in [6, 6.07) is 0. The van der Waals surface area contributed by atoms with Gasteiger partial charge < -0.3 is 49.2 Å². The molecule has 0 amide bonds. The summed E-state index contributed by atoms with van der Waals surface area (Å²) in [7, 11) is 0. The van der Waals surface area contributed by atoms with Crippen LogP contribution in [-0.2, 0) is 87.2 Å². The van der Waals surface area contributed by atoms with E-state index in [1.165, 1.54) is 0 Å². The Morgan fingerprint density at radius 1 is 0.366 bits per heavy atom. The smallest absolute Gasteiger partial charge is 0.185 e. The van der Waals surface area contributed by atoms with Gasteiger partial charge in [-0.3, -0.25) is 38.4 Å². The Balaban J connectivity index is -0.0000000715. The maximum absolute atomic E-state index is 10.1. The summed E-state index contributed by atoms with van der Waals surface area (Å²) in [5.41, 5.74) is 0. The minimum absolute atomic E-state index is 0. The number of carbonyl (C=O) groups excluding carboxylic acids is 14. The van der Waals surface area contributed by atoms with Crippen LogP contribution in [0.3, 0.4) is 0 Å². The van der Waals surface area contributed by atoms with Crippen molar-refractivity contribution in [2.45, 2.75) is 53.4 Å². The molecule has 19 heteroatoms. The second kappa shape index (κ2) is 33.3. The van der Waals surface area contributed by atoms with Gasteiger partial charge in [0.15, 0.2) is 23.1 Å². The van der Waals surface area contributed by atoms with Crippen LogP contribution < -0.4 is 20.4 Å². The number of carbonyl (C=O) groups is 14. The molecule has 0 saturated carbocycles. The predicted octanol–water partition coefficient (Wildman–Crippen LogP) is -7.23. The number of ketones is 8. The first-order chi connectivity index (χ1) is 18.1. The molecule has 0 aliphatic rings. The summed E-state index contributed by atoms with van der Waals surface area (Å²) in [6.07, 6.45) is -2.27. The molecule has 0 atom stereocenters. The second-order valence-corrected chi connectivity index (χ2v) is 6.36. The number of Topliss-reactive ketones (excluding diaryl/α,β-unsaturated/α-hetero) is 8. The van der Waals surface area contributed by atoms with Crippen molar-refractivity contribution in [2.24, 2.45) is 0 Å². The molecule has 0 unspecified atom stereocenters. The Kier molecular flexibility index (Phi) is 42.7. The fourth-order valence-electron chi connectivity index (χ4n) is 1.19. The maximum atomic E-state index is 10.1. The SMILES string of the molecule is C=O.C=O.CC(=O)CC(=O)C(=O)[O-].CC(=O)CC(=O)C(=O)[O-].CC(=O)CC(=O)C(=O)[O-].CC(=O)CC(=O)C(=O)[O-].[Ir]. The van der Waals surface area contributed by atoms with Gasteiger partial charge in [0.1, 0.15) is 60.6 Å². The van der Waals surface area contributed by atoms with Gasteiger partial charge in [-0.05, 0) is 27.7 Å². The first-order valence-corrected chi connectivity index (χ1v) is 9.67. The van der Waals surface area contributed by atoms with Gasteiger partial charge in [-0.25, -0.2) is 0 Å². The van der Waals surface area contributed by atoms with Gasteiger partial charge in [-0.2, -0.15) is 0 Å². The summed E-state index contributed by atoms with van der Waals surface area (Å²) < 4.78 is 0. The molecule has 233 valence electrons. The molecule has 0 bridgehead atoms. The monoisotopic (exact) mass is 769 g/mol. The summed E-state index contributed by atoms with van der Waals surface area (Å²) in [5, 5.41) is 38.5. The molecule has 0 N–H and O–H groups in total. The fourth-order valence-corrected chi connectivity index (χ4v) is 1.19. The van der Waals surface area contributed by atoms with E-state index in [9.17, 15) is 78.0 Å². The van der Waals surface area contributed by atoms with E-state index in [0.717, 1.165) is 27.7 Å². The third kappa shape index (κ3) is 52.5. The second-order valence-electron chi connectivity index (χ2n) is 6.36. The molecule has 1 radical (unpaired) electrons. The van der Waals surface area contributed by atoms with E-state index in [0.29, 0.717) is 0 Å². The average Bonchev–Trinajstić information content (AvgIpc) is 2.81. The predicted molar refractivity (Wildman–Crippen MR) is 115 cm³/mol. The molecule has 0 aliphatic carbocycles. The molecular weight excluding hydrogens is 744 g/mol. The number of hydrogen-bond acceptors (Lipinski definition) is 18. The largest absolute Gasteiger partial charge is 0.542 e. The van der Waals surface area contributed by atoms with Crippen molar-refractivity contribution in [2.75, 3.05) is 0 Å². The number of aliphatic carboxylic acids is 4. The van der Waals surface area contributed by atoms with Crippen molar-refractivity contribution in [3.8, 4) is 0 Å². The van der Waals surface area contributed by atoms with Gasteiger partial charge in [-0.1, -0.05) is 0 Å². The number of hydrogen-bond donors (Lipinski definition) is 0. The molecule has 0 heterocycles. The van der Waals surface area contributed by atoms with E-state index >= 15 is 0 Å². The Morgan fingerprint density at radius 3 is 0.488 bits per heavy atom. The van der Waals surface area contributed by atoms with Crippen molar-refractivity contribution in [3.05, 3.63) is 0 Å². The number of rotatable bonds is 12. The van der Waals surface area contributed by atoms with E-state index in [-0.39, 0.29) is 20.1 Å². The van der Waals surface area contributed by atoms with E-state index in [1.54, 1.807) is 0 Å². The van der Waals surface area contributed by atoms with E-state index in [4.69, 9.17) is 9.59 Å². The topological polar surface area (TPSA) is 331 Å². The molecule has 0 saturated heterocycles. The van der Waals surface area contributed by atoms with Crippen molar-refractivity contribution in [1.82, 2.24) is 0 Å². The van der Waals surface area contributed by atoms with Gasteiger partial charge >= 0.3 is 0 Å². The van der Waals surface area contributed by atoms with Crippen LogP contribution in [0.1, 0.15) is 53.4 Å². The van der Waals surface area contributed by atoms with E-state index < -0.39 is 95.8 Å². The standard InChI is InChI=1S/4C5H6O4.2CH2O.Ir/c4*1-3(6)2-4(7)5(8)9;2*1-2;/h4*2H2,1H3,(H,8,9);2*1H2;/p-4. The van der Waals surface area contributed by atoms with Crippen LogP contribution >= 0.6 is 0 Å². The van der Waals surface area contributed by atoms with Crippen LogP contribution in [0.25, 0.3) is 0 Å². The summed E-state index contributed by atoms with van der Waals surface area (Å²) >= 11 is 0. The minimum atomic E-state index is -1.80. The molecule has 0 fully saturated rings. The first kappa shape index (κ1) is 52.6. The normalized spacial score (nSPS) is 7.71. The Morgan fingerprint density at radius 2 is 0.463 bits per heavy atom. The fraction of sp³-hybridized carbons (Fsp3) is 0.364. The third-order valence-electron chi connectivity index (χ3n) is 2.55. The first-order valence-electron chi connectivity index (χ1n) is 9.67. The minimum Gasteiger partial charge on any atom is -0.542 e. The van der Waals surface area contributed by atoms with Crippen LogP contribution in [0.2, 0.25) is 0 Å². The van der Waals surface area contributed by atoms with Gasteiger partial charge in [0.2, 0.25) is 0 Å². The Hall–Kier alpha value is -4.77. The van der Waals surface area contributed by atoms with Gasteiger partial charge in [0, 0.05) is 20.1 Å². The van der Waals surface area contributed by atoms with Crippen LogP contribution in [-0.4, -0.2) is 83.7 Å². The average molecular weight is 769 g/mol. The molecule has 18 nitrogen and oxygen atoms in total. The zero-order valence-corrected chi connectivity index (χ0v) is 24.3. The zero-order chi connectivity index (χ0) is 33.8. The molecule has 41 heavy (non-hydrogen) atoms. The molecule has 0 aromatic rings. The molecule has 0 rings (SSSR count). The van der Waals surface area contributed by atoms with Crippen LogP contribution in [0.5, 0.6) is 0 Å². The van der Waals surface area contributed by atoms with Gasteiger partial charge in [0.25, 0.3) is 0 Å². The van der Waals surface area contributed by atoms with Crippen molar-refractivity contribution in [1.29, 1.82) is 0 Å². The molecule has 0 aromatic heterocycles. The van der Waals surface area contributed by atoms with E-state index in [2.05, 4.69) is 0 Å². The van der Waals surface area contributed by atoms with Crippen LogP contribution in [0, 0.1) is 0 Å². The quantitative estimate of drug-likeness (QED) is 0.131. The maximum Gasteiger partial charge on any atom is 0.185 e. The third-order valence-corrected chi connectivity index (χ3v) is 2.55. The van der Waals surface area contributed by atoms with Crippen molar-refractivity contribution < 1.29 is 108 Å². The van der Waals surface area contributed by atoms with Gasteiger partial charge in [0.05, 0.1) is 25.7 Å². The van der Waals surface area contributed by atoms with Crippen LogP contribution in [0.15, 0.2) is 0 Å². The number of carboxylic acids is 4. The van der Waals surface area contributed by atoms with Crippen molar-refractivity contribution >= 4 is 83.7 Å². The molecule has 0 spiro atoms. The number of carboxylic acid groups (broad SMARTS) is 4. The Bertz CT molecular complexity index is 825. The molecule has 0 aromatic carbocycles.